The Morgan fingerprint density at radius 3 is 1.68 bits per heavy atom. The minimum absolute atomic E-state index is 0.380. The molecule has 0 bridgehead atoms. The van der Waals surface area contributed by atoms with Gasteiger partial charge in [-0.2, -0.15) is 0 Å². The van der Waals surface area contributed by atoms with Gasteiger partial charge in [-0.25, -0.2) is 0 Å². The first-order valence-corrected chi connectivity index (χ1v) is 14.5. The summed E-state index contributed by atoms with van der Waals surface area (Å²) < 4.78 is 1.10. The van der Waals surface area contributed by atoms with E-state index < -0.39 is 0 Å². The summed E-state index contributed by atoms with van der Waals surface area (Å²) in [7, 11) is 0. The molecule has 1 atom stereocenters. The van der Waals surface area contributed by atoms with E-state index in [1.165, 1.54) is 82.6 Å². The Labute approximate surface area is 238 Å². The summed E-state index contributed by atoms with van der Waals surface area (Å²) in [4.78, 5) is 7.64. The van der Waals surface area contributed by atoms with Crippen molar-refractivity contribution in [2.75, 3.05) is 0 Å². The first-order chi connectivity index (χ1) is 19.7. The van der Waals surface area contributed by atoms with Crippen LogP contribution in [0.25, 0.3) is 65.9 Å². The molecule has 186 valence electrons. The average Bonchev–Trinajstić information content (AvgIpc) is 3.71. The van der Waals surface area contributed by atoms with Crippen molar-refractivity contribution in [2.24, 2.45) is 0 Å². The number of aromatic nitrogens is 2. The lowest BCUT2D eigenvalue weighted by Gasteiger charge is -2.30. The highest BCUT2D eigenvalue weighted by Crippen LogP contribution is 2.64. The molecule has 2 aromatic heterocycles. The number of halogens is 1. The van der Waals surface area contributed by atoms with Crippen LogP contribution in [0.2, 0.25) is 0 Å². The minimum Gasteiger partial charge on any atom is -0.354 e. The van der Waals surface area contributed by atoms with Gasteiger partial charge in [0, 0.05) is 48.2 Å². The zero-order valence-electron chi connectivity index (χ0n) is 21.3. The van der Waals surface area contributed by atoms with Gasteiger partial charge in [0.15, 0.2) is 0 Å². The molecule has 8 aromatic rings. The molecule has 10 rings (SSSR count). The second-order valence-corrected chi connectivity index (χ2v) is 12.1. The topological polar surface area (TPSA) is 31.6 Å². The van der Waals surface area contributed by atoms with Gasteiger partial charge in [-0.1, -0.05) is 107 Å². The normalized spacial score (nSPS) is 16.7. The maximum Gasteiger partial charge on any atom is 0.0727 e. The standard InChI is InChI=1S/C37H21BrN2/c38-20-13-18-32-26(19-20)23-15-17-30-34(36(23)40-32)25-9-2-5-11-28(25)37(30)27-10-4-1-8-24(27)33-29(37)16-14-22-21-7-3-6-12-31(21)39-35(22)33/h1-19,39-40H. The maximum absolute atomic E-state index is 3.82. The van der Waals surface area contributed by atoms with Crippen molar-refractivity contribution in [2.45, 2.75) is 5.41 Å². The van der Waals surface area contributed by atoms with E-state index >= 15 is 0 Å². The van der Waals surface area contributed by atoms with Gasteiger partial charge in [0.05, 0.1) is 16.4 Å². The third-order valence-corrected chi connectivity index (χ3v) is 9.92. The molecule has 2 N–H and O–H groups in total. The fourth-order valence-corrected chi connectivity index (χ4v) is 8.33. The van der Waals surface area contributed by atoms with E-state index in [-0.39, 0.29) is 5.41 Å². The van der Waals surface area contributed by atoms with Crippen molar-refractivity contribution in [3.8, 4) is 22.3 Å². The molecule has 0 saturated heterocycles. The summed E-state index contributed by atoms with van der Waals surface area (Å²) in [6.07, 6.45) is 0. The molecular formula is C37H21BrN2. The van der Waals surface area contributed by atoms with Crippen molar-refractivity contribution in [3.05, 3.63) is 142 Å². The zero-order valence-corrected chi connectivity index (χ0v) is 22.9. The second kappa shape index (κ2) is 7.12. The minimum atomic E-state index is -0.380. The molecule has 2 nitrogen and oxygen atoms in total. The summed E-state index contributed by atoms with van der Waals surface area (Å²) in [6.45, 7) is 0. The monoisotopic (exact) mass is 572 g/mol. The van der Waals surface area contributed by atoms with Crippen LogP contribution in [0.3, 0.4) is 0 Å². The first kappa shape index (κ1) is 21.2. The number of rotatable bonds is 0. The quantitative estimate of drug-likeness (QED) is 0.181. The van der Waals surface area contributed by atoms with Gasteiger partial charge >= 0.3 is 0 Å². The largest absolute Gasteiger partial charge is 0.354 e. The molecule has 0 fully saturated rings. The molecule has 2 aliphatic rings. The number of H-pyrrole nitrogens is 2. The van der Waals surface area contributed by atoms with Crippen molar-refractivity contribution in [1.82, 2.24) is 9.97 Å². The Kier molecular flexibility index (Phi) is 3.78. The number of para-hydroxylation sites is 1. The second-order valence-electron chi connectivity index (χ2n) is 11.1. The Hall–Kier alpha value is -4.60. The molecule has 0 saturated carbocycles. The predicted molar refractivity (Wildman–Crippen MR) is 169 cm³/mol. The Morgan fingerprint density at radius 1 is 0.450 bits per heavy atom. The van der Waals surface area contributed by atoms with Gasteiger partial charge in [-0.3, -0.25) is 0 Å². The number of nitrogens with one attached hydrogen (secondary N) is 2. The molecule has 0 radical (unpaired) electrons. The summed E-state index contributed by atoms with van der Waals surface area (Å²) >= 11 is 3.69. The van der Waals surface area contributed by atoms with Gasteiger partial charge in [-0.15, -0.1) is 0 Å². The molecule has 6 aromatic carbocycles. The summed E-state index contributed by atoms with van der Waals surface area (Å²) in [5, 5.41) is 5.07. The molecule has 0 amide bonds. The lowest BCUT2D eigenvalue weighted by Crippen LogP contribution is -2.25. The Balaban J connectivity index is 1.41. The zero-order chi connectivity index (χ0) is 26.2. The highest BCUT2D eigenvalue weighted by molar-refractivity contribution is 9.10. The van der Waals surface area contributed by atoms with Gasteiger partial charge in [-0.05, 0) is 57.6 Å². The van der Waals surface area contributed by atoms with Crippen molar-refractivity contribution < 1.29 is 0 Å². The van der Waals surface area contributed by atoms with Gasteiger partial charge in [0.1, 0.15) is 0 Å². The molecule has 1 spiro atoms. The van der Waals surface area contributed by atoms with Crippen LogP contribution in [0.15, 0.2) is 120 Å². The van der Waals surface area contributed by atoms with Crippen LogP contribution in [-0.2, 0) is 5.41 Å². The van der Waals surface area contributed by atoms with Gasteiger partial charge in [0.2, 0.25) is 0 Å². The summed E-state index contributed by atoms with van der Waals surface area (Å²) in [5.74, 6) is 0. The van der Waals surface area contributed by atoms with E-state index in [9.17, 15) is 0 Å². The first-order valence-electron chi connectivity index (χ1n) is 13.7. The third-order valence-electron chi connectivity index (χ3n) is 9.43. The predicted octanol–water partition coefficient (Wildman–Crippen LogP) is 10.1. The van der Waals surface area contributed by atoms with E-state index in [2.05, 4.69) is 141 Å². The molecule has 3 heteroatoms. The van der Waals surface area contributed by atoms with Gasteiger partial charge in [0.25, 0.3) is 0 Å². The lowest BCUT2D eigenvalue weighted by molar-refractivity contribution is 0.795. The lowest BCUT2D eigenvalue weighted by atomic mass is 9.70. The number of fused-ring (bicyclic) bond motifs is 18. The number of hydrogen-bond acceptors (Lipinski definition) is 0. The highest BCUT2D eigenvalue weighted by Gasteiger charge is 2.52. The summed E-state index contributed by atoms with van der Waals surface area (Å²) in [6, 6.07) is 42.7. The van der Waals surface area contributed by atoms with Crippen LogP contribution in [0.4, 0.5) is 0 Å². The van der Waals surface area contributed by atoms with Crippen LogP contribution in [0, 0.1) is 0 Å². The van der Waals surface area contributed by atoms with Crippen LogP contribution in [0.1, 0.15) is 22.3 Å². The smallest absolute Gasteiger partial charge is 0.0727 e. The molecule has 2 aliphatic carbocycles. The van der Waals surface area contributed by atoms with Crippen LogP contribution >= 0.6 is 15.9 Å². The van der Waals surface area contributed by atoms with Crippen molar-refractivity contribution in [1.29, 1.82) is 0 Å². The molecule has 0 aliphatic heterocycles. The molecule has 40 heavy (non-hydrogen) atoms. The number of aromatic amines is 2. The Morgan fingerprint density at radius 2 is 1.00 bits per heavy atom. The fourth-order valence-electron chi connectivity index (χ4n) is 7.97. The maximum atomic E-state index is 3.82. The SMILES string of the molecule is Brc1ccc2[nH]c3c4c(ccc3c2c1)C1(c2ccccc2-c2c1ccc1c2[nH]c2ccccc21)c1ccccc1-4. The number of hydrogen-bond donors (Lipinski definition) is 2. The van der Waals surface area contributed by atoms with E-state index in [0.29, 0.717) is 0 Å². The van der Waals surface area contributed by atoms with E-state index in [1.54, 1.807) is 0 Å². The summed E-state index contributed by atoms with van der Waals surface area (Å²) in [5.41, 5.74) is 15.1. The van der Waals surface area contributed by atoms with Crippen molar-refractivity contribution in [3.63, 3.8) is 0 Å². The van der Waals surface area contributed by atoms with Crippen LogP contribution < -0.4 is 0 Å². The Bertz CT molecular complexity index is 2410. The highest BCUT2D eigenvalue weighted by atomic mass is 79.9. The van der Waals surface area contributed by atoms with E-state index in [1.807, 2.05) is 0 Å². The fraction of sp³-hybridized carbons (Fsp3) is 0.0270. The molecular weight excluding hydrogens is 552 g/mol. The van der Waals surface area contributed by atoms with Crippen LogP contribution in [-0.4, -0.2) is 9.97 Å². The van der Waals surface area contributed by atoms with Crippen LogP contribution in [0.5, 0.6) is 0 Å². The van der Waals surface area contributed by atoms with E-state index in [0.717, 1.165) is 9.99 Å². The third kappa shape index (κ3) is 2.30. The number of benzene rings is 6. The molecule has 2 heterocycles. The van der Waals surface area contributed by atoms with E-state index in [4.69, 9.17) is 0 Å². The average molecular weight is 573 g/mol. The molecule has 1 unspecified atom stereocenters. The van der Waals surface area contributed by atoms with Crippen molar-refractivity contribution >= 4 is 59.5 Å². The van der Waals surface area contributed by atoms with Gasteiger partial charge < -0.3 is 9.97 Å².